The fourth-order valence-corrected chi connectivity index (χ4v) is 11.2. The maximum absolute atomic E-state index is 15.1. The predicted molar refractivity (Wildman–Crippen MR) is 214 cm³/mol. The fraction of sp³-hybridized carbons (Fsp3) is 0.0962. The van der Waals surface area contributed by atoms with Crippen LogP contribution in [0.1, 0.15) is 72.8 Å². The molecule has 5 aliphatic carbocycles. The van der Waals surface area contributed by atoms with Crippen LogP contribution in [-0.2, 0) is 10.8 Å². The van der Waals surface area contributed by atoms with Gasteiger partial charge in [-0.2, -0.15) is 0 Å². The maximum atomic E-state index is 15.1. The molecule has 0 fully saturated rings. The van der Waals surface area contributed by atoms with Crippen LogP contribution in [-0.4, -0.2) is 5.78 Å². The lowest BCUT2D eigenvalue weighted by Gasteiger charge is -2.33. The lowest BCUT2D eigenvalue weighted by molar-refractivity contribution is 0.103. The summed E-state index contributed by atoms with van der Waals surface area (Å²) in [6.45, 7) is 2.19. The number of Topliss-reactive ketones (excluding diaryl/α,β-unsaturated/α-hetero) is 1. The SMILES string of the molecule is Cc1ccc2c(c1)C1(C3=CC(C(=O)c4ccc5c(c4)C4(c6ccccc6-c6ccccc64)c4ccccc4-5)=CCC3c3ccccc31)c1ccccc1-2. The lowest BCUT2D eigenvalue weighted by Crippen LogP contribution is -2.28. The van der Waals surface area contributed by atoms with Crippen molar-refractivity contribution in [2.75, 3.05) is 0 Å². The second-order valence-corrected chi connectivity index (χ2v) is 15.5. The average Bonchev–Trinajstić information content (AvgIpc) is 3.89. The highest BCUT2D eigenvalue weighted by Crippen LogP contribution is 2.66. The van der Waals surface area contributed by atoms with E-state index in [1.165, 1.54) is 89.0 Å². The number of carbonyl (C=O) groups excluding carboxylic acids is 1. The number of benzene rings is 7. The Kier molecular flexibility index (Phi) is 5.62. The zero-order valence-electron chi connectivity index (χ0n) is 29.4. The lowest BCUT2D eigenvalue weighted by atomic mass is 9.67. The Morgan fingerprint density at radius 3 is 1.57 bits per heavy atom. The maximum Gasteiger partial charge on any atom is 0.192 e. The summed E-state index contributed by atoms with van der Waals surface area (Å²) in [6, 6.07) is 57.9. The molecule has 0 saturated heterocycles. The minimum Gasteiger partial charge on any atom is -0.289 e. The molecular weight excluding hydrogens is 641 g/mol. The second kappa shape index (κ2) is 10.2. The summed E-state index contributed by atoms with van der Waals surface area (Å²) >= 11 is 0. The Bertz CT molecular complexity index is 2800. The van der Waals surface area contributed by atoms with Crippen molar-refractivity contribution in [1.29, 1.82) is 0 Å². The van der Waals surface area contributed by atoms with Gasteiger partial charge in [0.2, 0.25) is 0 Å². The Balaban J connectivity index is 1.05. The van der Waals surface area contributed by atoms with Crippen LogP contribution < -0.4 is 0 Å². The van der Waals surface area contributed by atoms with E-state index in [2.05, 4.69) is 177 Å². The highest BCUT2D eigenvalue weighted by Gasteiger charge is 2.56. The molecule has 0 aromatic heterocycles. The predicted octanol–water partition coefficient (Wildman–Crippen LogP) is 11.9. The summed E-state index contributed by atoms with van der Waals surface area (Å²) in [5, 5.41) is 0. The Labute approximate surface area is 309 Å². The number of aryl methyl sites for hydroxylation is 1. The van der Waals surface area contributed by atoms with Crippen LogP contribution in [0.15, 0.2) is 181 Å². The standard InChI is InChI=1S/C52H34O/c1-31-22-25-39-36-14-5-10-20-45(36)52(47(39)28-31)46-21-11-6-16-38(46)41-27-24-33(30-49(41)52)50(53)32-23-26-40-37-15-4-9-19-44(37)51(48(40)29-32)42-17-7-2-12-34(42)35-13-3-8-18-43(35)51/h2-26,28-30,41H,27H2,1H3. The van der Waals surface area contributed by atoms with Gasteiger partial charge in [0.25, 0.3) is 0 Å². The summed E-state index contributed by atoms with van der Waals surface area (Å²) in [5.74, 6) is 0.304. The van der Waals surface area contributed by atoms with E-state index in [4.69, 9.17) is 0 Å². The van der Waals surface area contributed by atoms with Gasteiger partial charge in [-0.1, -0.05) is 163 Å². The summed E-state index contributed by atoms with van der Waals surface area (Å²) in [5.41, 5.74) is 21.2. The van der Waals surface area contributed by atoms with Crippen molar-refractivity contribution in [3.63, 3.8) is 0 Å². The summed E-state index contributed by atoms with van der Waals surface area (Å²) in [4.78, 5) is 15.1. The van der Waals surface area contributed by atoms with Crippen molar-refractivity contribution >= 4 is 5.78 Å². The molecule has 1 heteroatoms. The van der Waals surface area contributed by atoms with Crippen LogP contribution in [0.25, 0.3) is 33.4 Å². The normalized spacial score (nSPS) is 19.7. The minimum absolute atomic E-state index is 0.0891. The number of fused-ring (bicyclic) bond motifs is 20. The second-order valence-electron chi connectivity index (χ2n) is 15.5. The first kappa shape index (κ1) is 29.3. The molecule has 0 N–H and O–H groups in total. The number of rotatable bonds is 2. The van der Waals surface area contributed by atoms with Gasteiger partial charge in [0.15, 0.2) is 5.78 Å². The molecule has 2 spiro atoms. The van der Waals surface area contributed by atoms with E-state index in [9.17, 15) is 0 Å². The summed E-state index contributed by atoms with van der Waals surface area (Å²) in [6.07, 6.45) is 5.29. The van der Waals surface area contributed by atoms with Crippen LogP contribution in [0, 0.1) is 6.92 Å². The molecule has 0 heterocycles. The third-order valence-electron chi connectivity index (χ3n) is 13.2. The van der Waals surface area contributed by atoms with Crippen LogP contribution in [0.4, 0.5) is 0 Å². The first-order valence-corrected chi connectivity index (χ1v) is 18.8. The number of hydrogen-bond donors (Lipinski definition) is 0. The largest absolute Gasteiger partial charge is 0.289 e. The molecule has 0 radical (unpaired) electrons. The molecule has 1 nitrogen and oxygen atoms in total. The quantitative estimate of drug-likeness (QED) is 0.167. The van der Waals surface area contributed by atoms with E-state index >= 15 is 4.79 Å². The Morgan fingerprint density at radius 2 is 0.962 bits per heavy atom. The molecule has 7 aromatic rings. The average molecular weight is 675 g/mol. The smallest absolute Gasteiger partial charge is 0.192 e. The first-order chi connectivity index (χ1) is 26.1. The third kappa shape index (κ3) is 3.42. The van der Waals surface area contributed by atoms with Crippen molar-refractivity contribution in [1.82, 2.24) is 0 Å². The molecule has 0 amide bonds. The number of carbonyl (C=O) groups is 1. The van der Waals surface area contributed by atoms with Crippen LogP contribution in [0.5, 0.6) is 0 Å². The molecule has 7 aromatic carbocycles. The van der Waals surface area contributed by atoms with Crippen LogP contribution in [0.3, 0.4) is 0 Å². The van der Waals surface area contributed by atoms with Crippen LogP contribution in [0.2, 0.25) is 0 Å². The summed E-state index contributed by atoms with van der Waals surface area (Å²) < 4.78 is 0. The van der Waals surface area contributed by atoms with Gasteiger partial charge in [-0.05, 0) is 109 Å². The van der Waals surface area contributed by atoms with E-state index < -0.39 is 10.8 Å². The van der Waals surface area contributed by atoms with E-state index in [0.717, 1.165) is 17.6 Å². The van der Waals surface area contributed by atoms with Gasteiger partial charge >= 0.3 is 0 Å². The summed E-state index contributed by atoms with van der Waals surface area (Å²) in [7, 11) is 0. The van der Waals surface area contributed by atoms with Gasteiger partial charge in [0.1, 0.15) is 0 Å². The highest BCUT2D eigenvalue weighted by atomic mass is 16.1. The topological polar surface area (TPSA) is 17.1 Å². The molecule has 2 atom stereocenters. The molecule has 53 heavy (non-hydrogen) atoms. The molecular formula is C52H34O. The van der Waals surface area contributed by atoms with Gasteiger partial charge < -0.3 is 0 Å². The monoisotopic (exact) mass is 674 g/mol. The van der Waals surface area contributed by atoms with Gasteiger partial charge in [0.05, 0.1) is 10.8 Å². The van der Waals surface area contributed by atoms with E-state index in [1.54, 1.807) is 0 Å². The van der Waals surface area contributed by atoms with Crippen molar-refractivity contribution in [2.24, 2.45) is 0 Å². The molecule has 12 rings (SSSR count). The number of ketones is 1. The molecule has 0 saturated carbocycles. The Hall–Kier alpha value is -6.31. The molecule has 2 unspecified atom stereocenters. The van der Waals surface area contributed by atoms with Crippen molar-refractivity contribution in [3.8, 4) is 33.4 Å². The zero-order chi connectivity index (χ0) is 35.1. The third-order valence-corrected chi connectivity index (χ3v) is 13.2. The van der Waals surface area contributed by atoms with Gasteiger partial charge in [-0.15, -0.1) is 0 Å². The minimum atomic E-state index is -0.480. The number of hydrogen-bond acceptors (Lipinski definition) is 1. The van der Waals surface area contributed by atoms with Crippen molar-refractivity contribution in [3.05, 3.63) is 237 Å². The molecule has 248 valence electrons. The molecule has 0 bridgehead atoms. The molecule has 5 aliphatic rings. The van der Waals surface area contributed by atoms with Crippen molar-refractivity contribution in [2.45, 2.75) is 30.1 Å². The van der Waals surface area contributed by atoms with Crippen LogP contribution >= 0.6 is 0 Å². The van der Waals surface area contributed by atoms with Gasteiger partial charge in [-0.25, -0.2) is 0 Å². The van der Waals surface area contributed by atoms with Gasteiger partial charge in [0, 0.05) is 17.1 Å². The fourth-order valence-electron chi connectivity index (χ4n) is 11.2. The zero-order valence-corrected chi connectivity index (χ0v) is 29.4. The van der Waals surface area contributed by atoms with E-state index in [0.29, 0.717) is 0 Å². The van der Waals surface area contributed by atoms with E-state index in [-0.39, 0.29) is 11.7 Å². The van der Waals surface area contributed by atoms with Gasteiger partial charge in [-0.3, -0.25) is 4.79 Å². The highest BCUT2D eigenvalue weighted by molar-refractivity contribution is 6.12. The van der Waals surface area contributed by atoms with E-state index in [1.807, 2.05) is 0 Å². The molecule has 0 aliphatic heterocycles. The van der Waals surface area contributed by atoms with Crippen molar-refractivity contribution < 1.29 is 4.79 Å². The Morgan fingerprint density at radius 1 is 0.491 bits per heavy atom. The first-order valence-electron chi connectivity index (χ1n) is 18.8. The number of allylic oxidation sites excluding steroid dienone is 4.